The minimum absolute atomic E-state index is 0.0217. The highest BCUT2D eigenvalue weighted by molar-refractivity contribution is 7.98. The summed E-state index contributed by atoms with van der Waals surface area (Å²) in [6, 6.07) is 0. The Hall–Kier alpha value is -0.750. The number of carbonyl (C=O) groups excluding carboxylic acids is 2. The molecule has 1 saturated heterocycles. The van der Waals surface area contributed by atoms with Crippen LogP contribution in [-0.2, 0) is 14.3 Å². The SMILES string of the molecule is CC.CSCCCC(=O)NCC(=O)N1CCOCC1. The summed E-state index contributed by atoms with van der Waals surface area (Å²) in [7, 11) is 0. The standard InChI is InChI=1S/C11H20N2O3S.C2H6/c1-17-8-2-3-10(14)12-9-11(15)13-4-6-16-7-5-13;1-2/h2-9H2,1H3,(H,12,14);1-2H3. The average molecular weight is 290 g/mol. The molecule has 1 rings (SSSR count). The highest BCUT2D eigenvalue weighted by Crippen LogP contribution is 1.99. The van der Waals surface area contributed by atoms with Crippen LogP contribution in [0.25, 0.3) is 0 Å². The van der Waals surface area contributed by atoms with Crippen molar-refractivity contribution in [1.29, 1.82) is 0 Å². The molecule has 1 heterocycles. The molecule has 0 saturated carbocycles. The van der Waals surface area contributed by atoms with Crippen molar-refractivity contribution in [2.45, 2.75) is 26.7 Å². The van der Waals surface area contributed by atoms with E-state index in [-0.39, 0.29) is 18.4 Å². The van der Waals surface area contributed by atoms with Crippen LogP contribution in [0.15, 0.2) is 0 Å². The zero-order valence-electron chi connectivity index (χ0n) is 12.2. The van der Waals surface area contributed by atoms with E-state index in [1.165, 1.54) is 0 Å². The summed E-state index contributed by atoms with van der Waals surface area (Å²) in [5, 5.41) is 2.66. The first-order valence-corrected chi connectivity index (χ1v) is 8.24. The lowest BCUT2D eigenvalue weighted by atomic mass is 10.3. The van der Waals surface area contributed by atoms with Gasteiger partial charge in [0.2, 0.25) is 11.8 Å². The molecule has 112 valence electrons. The van der Waals surface area contributed by atoms with E-state index < -0.39 is 0 Å². The second-order valence-electron chi connectivity index (χ2n) is 3.87. The third-order valence-electron chi connectivity index (χ3n) is 2.55. The summed E-state index contributed by atoms with van der Waals surface area (Å²) >= 11 is 1.72. The zero-order valence-corrected chi connectivity index (χ0v) is 13.1. The number of nitrogens with one attached hydrogen (secondary N) is 1. The molecule has 19 heavy (non-hydrogen) atoms. The molecule has 2 amide bonds. The number of morpholine rings is 1. The van der Waals surface area contributed by atoms with E-state index in [4.69, 9.17) is 4.74 Å². The molecule has 0 radical (unpaired) electrons. The molecule has 1 fully saturated rings. The number of thioether (sulfide) groups is 1. The second-order valence-corrected chi connectivity index (χ2v) is 4.85. The fraction of sp³-hybridized carbons (Fsp3) is 0.846. The van der Waals surface area contributed by atoms with Gasteiger partial charge in [0, 0.05) is 19.5 Å². The molecule has 1 N–H and O–H groups in total. The van der Waals surface area contributed by atoms with Crippen LogP contribution in [0, 0.1) is 0 Å². The Kier molecular flexibility index (Phi) is 11.8. The molecular weight excluding hydrogens is 264 g/mol. The van der Waals surface area contributed by atoms with E-state index in [0.29, 0.717) is 32.7 Å². The maximum atomic E-state index is 11.7. The Morgan fingerprint density at radius 3 is 2.47 bits per heavy atom. The Balaban J connectivity index is 0.00000154. The third kappa shape index (κ3) is 8.88. The Labute approximate surface area is 120 Å². The summed E-state index contributed by atoms with van der Waals surface area (Å²) < 4.78 is 5.16. The first-order valence-electron chi connectivity index (χ1n) is 6.85. The van der Waals surface area contributed by atoms with E-state index >= 15 is 0 Å². The van der Waals surface area contributed by atoms with Crippen molar-refractivity contribution in [2.75, 3.05) is 44.9 Å². The van der Waals surface area contributed by atoms with E-state index in [1.54, 1.807) is 16.7 Å². The van der Waals surface area contributed by atoms with Gasteiger partial charge in [-0.25, -0.2) is 0 Å². The molecule has 6 heteroatoms. The second kappa shape index (κ2) is 12.3. The van der Waals surface area contributed by atoms with Crippen molar-refractivity contribution in [2.24, 2.45) is 0 Å². The summed E-state index contributed by atoms with van der Waals surface area (Å²) in [4.78, 5) is 24.8. The van der Waals surface area contributed by atoms with Gasteiger partial charge in [0.1, 0.15) is 0 Å². The summed E-state index contributed by atoms with van der Waals surface area (Å²) in [5.41, 5.74) is 0. The molecule has 5 nitrogen and oxygen atoms in total. The smallest absolute Gasteiger partial charge is 0.242 e. The topological polar surface area (TPSA) is 58.6 Å². The van der Waals surface area contributed by atoms with Crippen molar-refractivity contribution in [1.82, 2.24) is 10.2 Å². The highest BCUT2D eigenvalue weighted by Gasteiger charge is 2.16. The summed E-state index contributed by atoms with van der Waals surface area (Å²) in [6.45, 7) is 6.54. The number of carbonyl (C=O) groups is 2. The summed E-state index contributed by atoms with van der Waals surface area (Å²) in [6.07, 6.45) is 3.37. The zero-order chi connectivity index (χ0) is 14.5. The third-order valence-corrected chi connectivity index (χ3v) is 3.25. The Bertz CT molecular complexity index is 256. The quantitative estimate of drug-likeness (QED) is 0.745. The van der Waals surface area contributed by atoms with Crippen molar-refractivity contribution in [3.63, 3.8) is 0 Å². The van der Waals surface area contributed by atoms with Gasteiger partial charge in [-0.1, -0.05) is 13.8 Å². The molecule has 0 aromatic rings. The van der Waals surface area contributed by atoms with Crippen LogP contribution in [0.5, 0.6) is 0 Å². The molecule has 0 aromatic carbocycles. The molecule has 1 aliphatic heterocycles. The molecule has 0 aliphatic carbocycles. The normalized spacial score (nSPS) is 14.4. The van der Waals surface area contributed by atoms with Crippen LogP contribution in [0.4, 0.5) is 0 Å². The molecule has 0 unspecified atom stereocenters. The van der Waals surface area contributed by atoms with E-state index in [2.05, 4.69) is 5.32 Å². The maximum absolute atomic E-state index is 11.7. The van der Waals surface area contributed by atoms with Gasteiger partial charge < -0.3 is 15.0 Å². The van der Waals surface area contributed by atoms with Crippen molar-refractivity contribution in [3.8, 4) is 0 Å². The van der Waals surface area contributed by atoms with Crippen LogP contribution in [0.3, 0.4) is 0 Å². The van der Waals surface area contributed by atoms with Gasteiger partial charge in [0.15, 0.2) is 0 Å². The van der Waals surface area contributed by atoms with Crippen molar-refractivity contribution >= 4 is 23.6 Å². The molecule has 0 bridgehead atoms. The van der Waals surface area contributed by atoms with Gasteiger partial charge in [-0.15, -0.1) is 0 Å². The molecular formula is C13H26N2O3S. The van der Waals surface area contributed by atoms with Crippen molar-refractivity contribution in [3.05, 3.63) is 0 Å². The predicted molar refractivity (Wildman–Crippen MR) is 79.4 cm³/mol. The minimum atomic E-state index is -0.0411. The van der Waals surface area contributed by atoms with Gasteiger partial charge in [-0.2, -0.15) is 11.8 Å². The van der Waals surface area contributed by atoms with Crippen LogP contribution in [-0.4, -0.2) is 61.6 Å². The number of amides is 2. The number of hydrogen-bond acceptors (Lipinski definition) is 4. The summed E-state index contributed by atoms with van der Waals surface area (Å²) in [5.74, 6) is 0.914. The van der Waals surface area contributed by atoms with Crippen LogP contribution in [0.1, 0.15) is 26.7 Å². The fourth-order valence-corrected chi connectivity index (χ4v) is 2.00. The highest BCUT2D eigenvalue weighted by atomic mass is 32.2. The van der Waals surface area contributed by atoms with Crippen LogP contribution >= 0.6 is 11.8 Å². The monoisotopic (exact) mass is 290 g/mol. The Morgan fingerprint density at radius 2 is 1.89 bits per heavy atom. The van der Waals surface area contributed by atoms with Crippen LogP contribution in [0.2, 0.25) is 0 Å². The first kappa shape index (κ1) is 18.2. The van der Waals surface area contributed by atoms with Gasteiger partial charge >= 0.3 is 0 Å². The molecule has 1 aliphatic rings. The lowest BCUT2D eigenvalue weighted by molar-refractivity contribution is -0.136. The van der Waals surface area contributed by atoms with Gasteiger partial charge in [-0.3, -0.25) is 9.59 Å². The largest absolute Gasteiger partial charge is 0.378 e. The molecule has 0 spiro atoms. The van der Waals surface area contributed by atoms with E-state index in [0.717, 1.165) is 12.2 Å². The average Bonchev–Trinajstić information content (AvgIpc) is 2.48. The Morgan fingerprint density at radius 1 is 1.26 bits per heavy atom. The van der Waals surface area contributed by atoms with E-state index in [9.17, 15) is 9.59 Å². The maximum Gasteiger partial charge on any atom is 0.242 e. The van der Waals surface area contributed by atoms with Gasteiger partial charge in [0.05, 0.1) is 19.8 Å². The van der Waals surface area contributed by atoms with Gasteiger partial charge in [0.25, 0.3) is 0 Å². The van der Waals surface area contributed by atoms with Crippen LogP contribution < -0.4 is 5.32 Å². The lowest BCUT2D eigenvalue weighted by Crippen LogP contribution is -2.45. The van der Waals surface area contributed by atoms with E-state index in [1.807, 2.05) is 20.1 Å². The number of nitrogens with zero attached hydrogens (tertiary/aromatic N) is 1. The lowest BCUT2D eigenvalue weighted by Gasteiger charge is -2.26. The number of hydrogen-bond donors (Lipinski definition) is 1. The number of ether oxygens (including phenoxy) is 1. The first-order chi connectivity index (χ1) is 9.24. The van der Waals surface area contributed by atoms with Crippen molar-refractivity contribution < 1.29 is 14.3 Å². The fourth-order valence-electron chi connectivity index (χ4n) is 1.56. The van der Waals surface area contributed by atoms with Gasteiger partial charge in [-0.05, 0) is 18.4 Å². The molecule has 0 atom stereocenters. The predicted octanol–water partition coefficient (Wildman–Crippen LogP) is 1.13. The number of rotatable bonds is 6. The molecule has 0 aromatic heterocycles. The minimum Gasteiger partial charge on any atom is -0.378 e.